The van der Waals surface area contributed by atoms with Gasteiger partial charge in [-0.05, 0) is 81.0 Å². The molecular formula is C25H27F3N4O2. The first-order valence-electron chi connectivity index (χ1n) is 11.5. The number of carbonyl (C=O) groups excluding carboxylic acids is 1. The van der Waals surface area contributed by atoms with Gasteiger partial charge in [0, 0.05) is 5.69 Å². The number of ether oxygens (including phenoxy) is 1. The summed E-state index contributed by atoms with van der Waals surface area (Å²) in [6.45, 7) is 2.11. The molecule has 34 heavy (non-hydrogen) atoms. The van der Waals surface area contributed by atoms with Crippen LogP contribution in [-0.4, -0.2) is 27.0 Å². The van der Waals surface area contributed by atoms with Crippen molar-refractivity contribution in [3.8, 4) is 11.4 Å². The average Bonchev–Trinajstić information content (AvgIpc) is 3.50. The Bertz CT molecular complexity index is 1120. The Morgan fingerprint density at radius 2 is 1.88 bits per heavy atom. The van der Waals surface area contributed by atoms with E-state index < -0.39 is 23.2 Å². The quantitative estimate of drug-likeness (QED) is 0.424. The number of carbonyl (C=O) groups is 1. The van der Waals surface area contributed by atoms with Crippen LogP contribution in [0.25, 0.3) is 5.69 Å². The van der Waals surface area contributed by atoms with E-state index in [0.717, 1.165) is 62.4 Å². The molecule has 1 fully saturated rings. The van der Waals surface area contributed by atoms with Crippen LogP contribution in [-0.2, 0) is 12.6 Å². The molecule has 1 saturated carbocycles. The van der Waals surface area contributed by atoms with Crippen LogP contribution in [0.3, 0.4) is 0 Å². The maximum atomic E-state index is 13.6. The van der Waals surface area contributed by atoms with Gasteiger partial charge in [-0.2, -0.15) is 13.2 Å². The number of benzene rings is 2. The summed E-state index contributed by atoms with van der Waals surface area (Å²) in [7, 11) is 0. The number of anilines is 1. The smallest absolute Gasteiger partial charge is 0.417 e. The van der Waals surface area contributed by atoms with Gasteiger partial charge in [0.2, 0.25) is 0 Å². The van der Waals surface area contributed by atoms with Gasteiger partial charge >= 0.3 is 6.18 Å². The average molecular weight is 473 g/mol. The van der Waals surface area contributed by atoms with Crippen molar-refractivity contribution in [2.24, 2.45) is 0 Å². The molecule has 0 saturated heterocycles. The normalized spacial score (nSPS) is 14.4. The van der Waals surface area contributed by atoms with Gasteiger partial charge in [-0.3, -0.25) is 4.79 Å². The summed E-state index contributed by atoms with van der Waals surface area (Å²) in [5.74, 6) is -0.579. The summed E-state index contributed by atoms with van der Waals surface area (Å²) in [6.07, 6.45) is 3.87. The highest BCUT2D eigenvalue weighted by molar-refractivity contribution is 6.05. The second-order valence-corrected chi connectivity index (χ2v) is 8.49. The van der Waals surface area contributed by atoms with E-state index in [2.05, 4.69) is 22.6 Å². The molecule has 0 unspecified atom stereocenters. The molecule has 6 nitrogen and oxygen atoms in total. The maximum Gasteiger partial charge on any atom is 0.417 e. The Labute approximate surface area is 196 Å². The minimum atomic E-state index is -4.66. The number of aryl methyl sites for hydroxylation is 1. The topological polar surface area (TPSA) is 69.0 Å². The number of unbranched alkanes of at least 4 members (excludes halogenated alkanes) is 1. The van der Waals surface area contributed by atoms with Crippen molar-refractivity contribution >= 4 is 11.6 Å². The molecule has 0 spiro atoms. The monoisotopic (exact) mass is 472 g/mol. The van der Waals surface area contributed by atoms with E-state index in [1.807, 2.05) is 6.20 Å². The van der Waals surface area contributed by atoms with Crippen molar-refractivity contribution in [2.45, 2.75) is 64.1 Å². The largest absolute Gasteiger partial charge is 0.490 e. The SMILES string of the molecule is CCCCc1cn(-c2ccc(NC(=O)c3cc(OC4CCCC4)ccc3C(F)(F)F)cc2)nn1. The van der Waals surface area contributed by atoms with E-state index in [-0.39, 0.29) is 11.9 Å². The molecule has 1 aliphatic rings. The van der Waals surface area contributed by atoms with E-state index in [4.69, 9.17) is 4.74 Å². The molecule has 1 N–H and O–H groups in total. The Kier molecular flexibility index (Phi) is 7.19. The first-order chi connectivity index (χ1) is 16.3. The lowest BCUT2D eigenvalue weighted by molar-refractivity contribution is -0.137. The fourth-order valence-corrected chi connectivity index (χ4v) is 4.02. The number of hydrogen-bond acceptors (Lipinski definition) is 4. The van der Waals surface area contributed by atoms with E-state index >= 15 is 0 Å². The van der Waals surface area contributed by atoms with Crippen LogP contribution in [0.1, 0.15) is 67.1 Å². The second-order valence-electron chi connectivity index (χ2n) is 8.49. The van der Waals surface area contributed by atoms with Gasteiger partial charge < -0.3 is 10.1 Å². The Balaban J connectivity index is 1.50. The highest BCUT2D eigenvalue weighted by atomic mass is 19.4. The lowest BCUT2D eigenvalue weighted by Gasteiger charge is -2.17. The van der Waals surface area contributed by atoms with Crippen molar-refractivity contribution in [1.29, 1.82) is 0 Å². The maximum absolute atomic E-state index is 13.6. The highest BCUT2D eigenvalue weighted by Gasteiger charge is 2.35. The van der Waals surface area contributed by atoms with Crippen molar-refractivity contribution in [1.82, 2.24) is 15.0 Å². The number of aromatic nitrogens is 3. The molecule has 4 rings (SSSR count). The van der Waals surface area contributed by atoms with Gasteiger partial charge in [0.15, 0.2) is 0 Å². The van der Waals surface area contributed by atoms with Gasteiger partial charge in [-0.25, -0.2) is 4.68 Å². The Morgan fingerprint density at radius 1 is 1.15 bits per heavy atom. The zero-order valence-corrected chi connectivity index (χ0v) is 18.9. The standard InChI is InChI=1S/C25H27F3N4O2/c1-2-3-6-18-16-32(31-30-18)19-11-9-17(10-12-19)29-24(33)22-15-21(34-20-7-4-5-8-20)13-14-23(22)25(26,27)28/h9-16,20H,2-8H2,1H3,(H,29,33). The third-order valence-corrected chi connectivity index (χ3v) is 5.86. The number of halogens is 3. The summed E-state index contributed by atoms with van der Waals surface area (Å²) in [4.78, 5) is 12.8. The molecule has 1 heterocycles. The predicted molar refractivity (Wildman–Crippen MR) is 122 cm³/mol. The zero-order valence-electron chi connectivity index (χ0n) is 18.9. The van der Waals surface area contributed by atoms with Crippen molar-refractivity contribution < 1.29 is 22.7 Å². The summed E-state index contributed by atoms with van der Waals surface area (Å²) >= 11 is 0. The summed E-state index contributed by atoms with van der Waals surface area (Å²) in [6, 6.07) is 10.0. The van der Waals surface area contributed by atoms with Crippen LogP contribution in [0.4, 0.5) is 18.9 Å². The van der Waals surface area contributed by atoms with Crippen LogP contribution in [0.5, 0.6) is 5.75 Å². The number of alkyl halides is 3. The first-order valence-corrected chi connectivity index (χ1v) is 11.5. The Morgan fingerprint density at radius 3 is 2.56 bits per heavy atom. The third-order valence-electron chi connectivity index (χ3n) is 5.86. The molecule has 1 aliphatic carbocycles. The number of hydrogen-bond donors (Lipinski definition) is 1. The molecule has 0 radical (unpaired) electrons. The van der Waals surface area contributed by atoms with Gasteiger partial charge in [0.1, 0.15) is 5.75 Å². The van der Waals surface area contributed by atoms with Crippen LogP contribution in [0, 0.1) is 0 Å². The van der Waals surface area contributed by atoms with Crippen LogP contribution in [0.2, 0.25) is 0 Å². The van der Waals surface area contributed by atoms with E-state index in [0.29, 0.717) is 5.69 Å². The minimum absolute atomic E-state index is 0.0283. The molecule has 0 bridgehead atoms. The van der Waals surface area contributed by atoms with Crippen LogP contribution >= 0.6 is 0 Å². The lowest BCUT2D eigenvalue weighted by Crippen LogP contribution is -2.19. The number of amides is 1. The van der Waals surface area contributed by atoms with Gasteiger partial charge in [-0.15, -0.1) is 5.10 Å². The molecule has 180 valence electrons. The van der Waals surface area contributed by atoms with Crippen molar-refractivity contribution in [2.75, 3.05) is 5.32 Å². The molecule has 0 aliphatic heterocycles. The minimum Gasteiger partial charge on any atom is -0.490 e. The van der Waals surface area contributed by atoms with Crippen molar-refractivity contribution in [3.05, 3.63) is 65.5 Å². The van der Waals surface area contributed by atoms with E-state index in [1.54, 1.807) is 28.9 Å². The molecule has 9 heteroatoms. The number of nitrogens with zero attached hydrogens (tertiary/aromatic N) is 3. The molecule has 1 amide bonds. The number of rotatable bonds is 8. The van der Waals surface area contributed by atoms with Gasteiger partial charge in [0.25, 0.3) is 5.91 Å². The van der Waals surface area contributed by atoms with Crippen molar-refractivity contribution in [3.63, 3.8) is 0 Å². The van der Waals surface area contributed by atoms with Crippen LogP contribution < -0.4 is 10.1 Å². The second kappa shape index (κ2) is 10.3. The lowest BCUT2D eigenvalue weighted by atomic mass is 10.1. The number of nitrogens with one attached hydrogen (secondary N) is 1. The van der Waals surface area contributed by atoms with E-state index in [1.165, 1.54) is 12.1 Å². The summed E-state index contributed by atoms with van der Waals surface area (Å²) in [5.41, 5.74) is 0.525. The molecule has 1 aromatic heterocycles. The Hall–Kier alpha value is -3.36. The molecule has 2 aromatic carbocycles. The zero-order chi connectivity index (χ0) is 24.1. The first kappa shape index (κ1) is 23.8. The van der Waals surface area contributed by atoms with Gasteiger partial charge in [0.05, 0.1) is 34.8 Å². The fourth-order valence-electron chi connectivity index (χ4n) is 4.02. The van der Waals surface area contributed by atoms with Gasteiger partial charge in [-0.1, -0.05) is 18.6 Å². The molecule has 0 atom stereocenters. The third kappa shape index (κ3) is 5.76. The molecular weight excluding hydrogens is 445 g/mol. The fraction of sp³-hybridized carbons (Fsp3) is 0.400. The van der Waals surface area contributed by atoms with Crippen LogP contribution in [0.15, 0.2) is 48.7 Å². The summed E-state index contributed by atoms with van der Waals surface area (Å²) in [5, 5.41) is 10.8. The predicted octanol–water partition coefficient (Wildman–Crippen LogP) is 6.20. The van der Waals surface area contributed by atoms with E-state index in [9.17, 15) is 18.0 Å². The summed E-state index contributed by atoms with van der Waals surface area (Å²) < 4.78 is 48.1. The highest BCUT2D eigenvalue weighted by Crippen LogP contribution is 2.35. The molecule has 3 aromatic rings.